The molecule has 0 fully saturated rings. The number of hydrazone groups is 1. The maximum absolute atomic E-state index is 11.7. The number of aromatic nitrogens is 3. The lowest BCUT2D eigenvalue weighted by atomic mass is 10.1. The topological polar surface area (TPSA) is 205 Å². The molecule has 5 N–H and O–H groups in total. The first kappa shape index (κ1) is 19.1. The van der Waals surface area contributed by atoms with Gasteiger partial charge in [0.1, 0.15) is 0 Å². The Kier molecular flexibility index (Phi) is 5.83. The van der Waals surface area contributed by atoms with Crippen molar-refractivity contribution in [3.63, 3.8) is 0 Å². The smallest absolute Gasteiger partial charge is 0.342 e. The summed E-state index contributed by atoms with van der Waals surface area (Å²) in [6.07, 6.45) is 0.959. The first-order valence-electron chi connectivity index (χ1n) is 7.12. The van der Waals surface area contributed by atoms with Crippen LogP contribution < -0.4 is 26.7 Å². The Morgan fingerprint density at radius 2 is 2.22 bits per heavy atom. The van der Waals surface area contributed by atoms with Crippen LogP contribution in [0.1, 0.15) is 5.56 Å². The van der Waals surface area contributed by atoms with Crippen molar-refractivity contribution in [2.75, 3.05) is 19.0 Å². The van der Waals surface area contributed by atoms with Crippen molar-refractivity contribution < 1.29 is 19.6 Å². The van der Waals surface area contributed by atoms with Crippen molar-refractivity contribution in [3.8, 4) is 11.5 Å². The monoisotopic (exact) mass is 379 g/mol. The van der Waals surface area contributed by atoms with Gasteiger partial charge in [0.2, 0.25) is 5.82 Å². The van der Waals surface area contributed by atoms with E-state index in [1.165, 1.54) is 7.11 Å². The Bertz CT molecular complexity index is 1010. The number of nitrogens with one attached hydrogen (secondary N) is 4. The number of H-pyrrole nitrogens is 2. The summed E-state index contributed by atoms with van der Waals surface area (Å²) < 4.78 is 4.79. The molecule has 2 rings (SSSR count). The molecule has 2 aromatic rings. The molecule has 27 heavy (non-hydrogen) atoms. The number of nitrogens with zero attached hydrogens (tertiary/aromatic N) is 3. The highest BCUT2D eigenvalue weighted by molar-refractivity contribution is 5.88. The molecule has 14 nitrogen and oxygen atoms in total. The van der Waals surface area contributed by atoms with Crippen LogP contribution in [0.3, 0.4) is 0 Å². The van der Waals surface area contributed by atoms with E-state index < -0.39 is 34.3 Å². The molecule has 0 saturated heterocycles. The minimum atomic E-state index is -0.820. The summed E-state index contributed by atoms with van der Waals surface area (Å²) >= 11 is 0. The van der Waals surface area contributed by atoms with E-state index in [0.29, 0.717) is 0 Å². The Morgan fingerprint density at radius 3 is 2.85 bits per heavy atom. The molecule has 1 heterocycles. The highest BCUT2D eigenvalue weighted by Crippen LogP contribution is 2.32. The number of methoxy groups -OCH3 is 1. The molecule has 1 aromatic carbocycles. The van der Waals surface area contributed by atoms with Gasteiger partial charge in [0.05, 0.1) is 36.4 Å². The zero-order chi connectivity index (χ0) is 20.0. The highest BCUT2D eigenvalue weighted by atomic mass is 16.6. The van der Waals surface area contributed by atoms with E-state index in [1.54, 1.807) is 0 Å². The van der Waals surface area contributed by atoms with Gasteiger partial charge < -0.3 is 15.2 Å². The quantitative estimate of drug-likeness (QED) is 0.218. The fourth-order valence-corrected chi connectivity index (χ4v) is 1.84. The molecule has 0 spiro atoms. The molecular weight excluding hydrogens is 366 g/mol. The number of rotatable bonds is 7. The number of phenolic OH excluding ortho intramolecular Hbond substituents is 1. The number of hydrogen-bond acceptors (Lipinski definition) is 10. The summed E-state index contributed by atoms with van der Waals surface area (Å²) in [5.74, 6) is -1.44. The van der Waals surface area contributed by atoms with Crippen LogP contribution in [-0.2, 0) is 4.79 Å². The average Bonchev–Trinajstić information content (AvgIpc) is 2.61. The van der Waals surface area contributed by atoms with Crippen LogP contribution in [0.4, 0.5) is 11.5 Å². The first-order valence-corrected chi connectivity index (χ1v) is 7.12. The van der Waals surface area contributed by atoms with E-state index in [4.69, 9.17) is 4.74 Å². The number of hydrogen-bond donors (Lipinski definition) is 5. The SMILES string of the molecule is COc1cc([N+](=O)[O-])c(/C=N/NC(=O)CNc2n[nH]c(=O)[nH]c2=O)cc1O. The molecule has 14 heteroatoms. The highest BCUT2D eigenvalue weighted by Gasteiger charge is 2.17. The number of nitro benzene ring substituents is 1. The van der Waals surface area contributed by atoms with Gasteiger partial charge in [-0.1, -0.05) is 0 Å². The second kappa shape index (κ2) is 8.24. The average molecular weight is 379 g/mol. The van der Waals surface area contributed by atoms with Crippen LogP contribution in [0, 0.1) is 10.1 Å². The van der Waals surface area contributed by atoms with Crippen molar-refractivity contribution in [3.05, 3.63) is 48.6 Å². The van der Waals surface area contributed by atoms with Crippen molar-refractivity contribution in [1.29, 1.82) is 0 Å². The predicted octanol–water partition coefficient (Wildman–Crippen LogP) is -1.36. The molecule has 0 unspecified atom stereocenters. The number of aromatic hydroxyl groups is 1. The molecule has 0 aliphatic carbocycles. The molecule has 142 valence electrons. The van der Waals surface area contributed by atoms with Crippen LogP contribution in [0.15, 0.2) is 26.8 Å². The molecule has 0 radical (unpaired) electrons. The van der Waals surface area contributed by atoms with Gasteiger partial charge in [-0.05, 0) is 6.07 Å². The Hall–Kier alpha value is -4.23. The van der Waals surface area contributed by atoms with E-state index in [0.717, 1.165) is 18.3 Å². The van der Waals surface area contributed by atoms with Crippen LogP contribution in [0.25, 0.3) is 0 Å². The number of nitro groups is 1. The minimum Gasteiger partial charge on any atom is -0.504 e. The molecule has 0 aliphatic heterocycles. The molecule has 0 aliphatic rings. The van der Waals surface area contributed by atoms with Crippen LogP contribution in [-0.4, -0.2) is 51.0 Å². The Labute approximate surface area is 149 Å². The first-order chi connectivity index (χ1) is 12.8. The maximum atomic E-state index is 11.7. The second-order valence-corrected chi connectivity index (χ2v) is 4.84. The van der Waals surface area contributed by atoms with Crippen molar-refractivity contribution in [2.24, 2.45) is 5.10 Å². The standard InChI is InChI=1S/C13H13N7O7/c1-27-9-3-7(20(25)26)6(2-8(9)21)4-15-17-10(22)5-14-11-12(23)16-13(24)19-18-11/h2-4,21H,5H2,1H3,(H,14,18)(H,17,22)(H2,16,19,23,24)/b15-4+. The fraction of sp³-hybridized carbons (Fsp3) is 0.154. The fourth-order valence-electron chi connectivity index (χ4n) is 1.84. The Balaban J connectivity index is 2.03. The summed E-state index contributed by atoms with van der Waals surface area (Å²) in [4.78, 5) is 46.1. The summed E-state index contributed by atoms with van der Waals surface area (Å²) in [5, 5.41) is 32.0. The number of aromatic amines is 2. The maximum Gasteiger partial charge on any atom is 0.342 e. The van der Waals surface area contributed by atoms with E-state index in [-0.39, 0.29) is 22.9 Å². The van der Waals surface area contributed by atoms with Gasteiger partial charge in [-0.3, -0.25) is 24.7 Å². The summed E-state index contributed by atoms with van der Waals surface area (Å²) in [6.45, 7) is -0.421. The predicted molar refractivity (Wildman–Crippen MR) is 91.0 cm³/mol. The lowest BCUT2D eigenvalue weighted by molar-refractivity contribution is -0.385. The molecule has 1 amide bonds. The third-order valence-electron chi connectivity index (χ3n) is 3.05. The van der Waals surface area contributed by atoms with Gasteiger partial charge in [-0.2, -0.15) is 5.10 Å². The molecule has 0 bridgehead atoms. The number of benzene rings is 1. The number of anilines is 1. The second-order valence-electron chi connectivity index (χ2n) is 4.84. The van der Waals surface area contributed by atoms with Gasteiger partial charge >= 0.3 is 5.69 Å². The largest absolute Gasteiger partial charge is 0.504 e. The van der Waals surface area contributed by atoms with Gasteiger partial charge in [-0.25, -0.2) is 15.3 Å². The minimum absolute atomic E-state index is 0.0784. The number of carbonyl (C=O) groups is 1. The third kappa shape index (κ3) is 4.88. The van der Waals surface area contributed by atoms with Gasteiger partial charge in [0.15, 0.2) is 11.5 Å². The molecular formula is C13H13N7O7. The van der Waals surface area contributed by atoms with E-state index >= 15 is 0 Å². The Morgan fingerprint density at radius 1 is 1.48 bits per heavy atom. The van der Waals surface area contributed by atoms with Crippen molar-refractivity contribution >= 4 is 23.6 Å². The summed E-state index contributed by atoms with van der Waals surface area (Å²) in [5.41, 5.74) is -0.0317. The number of amides is 1. The summed E-state index contributed by atoms with van der Waals surface area (Å²) in [6, 6.07) is 2.06. The molecule has 1 aromatic heterocycles. The lowest BCUT2D eigenvalue weighted by Crippen LogP contribution is -2.31. The summed E-state index contributed by atoms with van der Waals surface area (Å²) in [7, 11) is 1.24. The number of carbonyl (C=O) groups excluding carboxylic acids is 1. The zero-order valence-corrected chi connectivity index (χ0v) is 13.7. The van der Waals surface area contributed by atoms with Crippen LogP contribution in [0.2, 0.25) is 0 Å². The van der Waals surface area contributed by atoms with E-state index in [2.05, 4.69) is 20.9 Å². The van der Waals surface area contributed by atoms with Gasteiger partial charge in [0, 0.05) is 0 Å². The van der Waals surface area contributed by atoms with E-state index in [1.807, 2.05) is 10.1 Å². The third-order valence-corrected chi connectivity index (χ3v) is 3.05. The molecule has 0 saturated carbocycles. The normalized spacial score (nSPS) is 10.6. The number of ether oxygens (including phenoxy) is 1. The van der Waals surface area contributed by atoms with E-state index in [9.17, 15) is 29.6 Å². The van der Waals surface area contributed by atoms with Gasteiger partial charge in [0.25, 0.3) is 17.2 Å². The van der Waals surface area contributed by atoms with Crippen molar-refractivity contribution in [2.45, 2.75) is 0 Å². The zero-order valence-electron chi connectivity index (χ0n) is 13.7. The number of phenols is 1. The van der Waals surface area contributed by atoms with Crippen molar-refractivity contribution in [1.82, 2.24) is 20.6 Å². The van der Waals surface area contributed by atoms with Crippen LogP contribution >= 0.6 is 0 Å². The van der Waals surface area contributed by atoms with Gasteiger partial charge in [-0.15, -0.1) is 5.10 Å². The van der Waals surface area contributed by atoms with Crippen LogP contribution in [0.5, 0.6) is 11.5 Å². The lowest BCUT2D eigenvalue weighted by Gasteiger charge is -2.05. The molecule has 0 atom stereocenters.